The monoisotopic (exact) mass is 559 g/mol. The summed E-state index contributed by atoms with van der Waals surface area (Å²) in [7, 11) is 1.47. The van der Waals surface area contributed by atoms with Gasteiger partial charge in [-0.05, 0) is 71.0 Å². The quantitative estimate of drug-likeness (QED) is 0.198. The molecule has 0 radical (unpaired) electrons. The van der Waals surface area contributed by atoms with Gasteiger partial charge in [0.25, 0.3) is 0 Å². The first-order valence-corrected chi connectivity index (χ1v) is 10.7. The van der Waals surface area contributed by atoms with Crippen molar-refractivity contribution in [2.75, 3.05) is 7.11 Å². The lowest BCUT2D eigenvalue weighted by Gasteiger charge is -2.12. The zero-order valence-electron chi connectivity index (χ0n) is 16.0. The van der Waals surface area contributed by atoms with Crippen LogP contribution in [0.15, 0.2) is 41.0 Å². The number of carbonyl (C=O) groups is 2. The van der Waals surface area contributed by atoms with Gasteiger partial charge in [0.05, 0.1) is 21.3 Å². The molecule has 0 fully saturated rings. The summed E-state index contributed by atoms with van der Waals surface area (Å²) in [6.45, 7) is 1.89. The number of rotatable bonds is 6. The summed E-state index contributed by atoms with van der Waals surface area (Å²) in [6.07, 6.45) is 2.55. The summed E-state index contributed by atoms with van der Waals surface area (Å²) in [4.78, 5) is 28.4. The van der Waals surface area contributed by atoms with Gasteiger partial charge in [-0.3, -0.25) is 4.79 Å². The van der Waals surface area contributed by atoms with Gasteiger partial charge in [-0.25, -0.2) is 9.79 Å². The van der Waals surface area contributed by atoms with Gasteiger partial charge in [0.2, 0.25) is 5.90 Å². The summed E-state index contributed by atoms with van der Waals surface area (Å²) >= 11 is 14.1. The molecule has 6 nitrogen and oxygen atoms in total. The minimum atomic E-state index is -0.608. The highest BCUT2D eigenvalue weighted by Gasteiger charge is 2.26. The van der Waals surface area contributed by atoms with E-state index in [0.717, 1.165) is 0 Å². The molecular weight excluding hydrogens is 544 g/mol. The first kappa shape index (κ1) is 22.6. The fraction of sp³-hybridized carbons (Fsp3) is 0.190. The van der Waals surface area contributed by atoms with E-state index in [-0.39, 0.29) is 17.6 Å². The molecule has 0 saturated carbocycles. The summed E-state index contributed by atoms with van der Waals surface area (Å²) in [5, 5.41) is 0.788. The molecule has 1 aliphatic heterocycles. The van der Waals surface area contributed by atoms with Crippen molar-refractivity contribution in [3.63, 3.8) is 0 Å². The third kappa shape index (κ3) is 5.14. The molecule has 0 bridgehead atoms. The zero-order valence-corrected chi connectivity index (χ0v) is 19.7. The zero-order chi connectivity index (χ0) is 21.8. The average Bonchev–Trinajstić information content (AvgIpc) is 3.03. The number of methoxy groups -OCH3 is 1. The topological polar surface area (TPSA) is 74.2 Å². The van der Waals surface area contributed by atoms with Gasteiger partial charge in [-0.2, -0.15) is 0 Å². The first-order chi connectivity index (χ1) is 14.3. The Bertz CT molecular complexity index is 1080. The highest BCUT2D eigenvalue weighted by Crippen LogP contribution is 2.35. The van der Waals surface area contributed by atoms with E-state index in [1.165, 1.54) is 7.11 Å². The van der Waals surface area contributed by atoms with Crippen molar-refractivity contribution in [3.05, 3.63) is 60.8 Å². The molecular formula is C21H16Cl2INO5. The van der Waals surface area contributed by atoms with Crippen LogP contribution in [0.5, 0.6) is 11.5 Å². The van der Waals surface area contributed by atoms with Gasteiger partial charge in [0, 0.05) is 11.4 Å². The van der Waals surface area contributed by atoms with Crippen molar-refractivity contribution in [1.82, 2.24) is 0 Å². The summed E-state index contributed by atoms with van der Waals surface area (Å²) < 4.78 is 16.7. The normalized spacial score (nSPS) is 14.5. The molecule has 2 aromatic rings. The van der Waals surface area contributed by atoms with Gasteiger partial charge in [-0.1, -0.05) is 30.1 Å². The molecule has 2 aromatic carbocycles. The van der Waals surface area contributed by atoms with Crippen LogP contribution in [0.25, 0.3) is 6.08 Å². The Hall–Kier alpha value is -2.10. The van der Waals surface area contributed by atoms with Crippen molar-refractivity contribution in [2.45, 2.75) is 19.8 Å². The summed E-state index contributed by atoms with van der Waals surface area (Å²) in [6, 6.07) is 8.21. The van der Waals surface area contributed by atoms with Crippen LogP contribution in [0.4, 0.5) is 0 Å². The van der Waals surface area contributed by atoms with Gasteiger partial charge in [0.15, 0.2) is 17.2 Å². The second-order valence-corrected chi connectivity index (χ2v) is 8.22. The molecule has 0 amide bonds. The van der Waals surface area contributed by atoms with Crippen LogP contribution >= 0.6 is 45.8 Å². The molecule has 0 aliphatic carbocycles. The van der Waals surface area contributed by atoms with Gasteiger partial charge < -0.3 is 14.2 Å². The second-order valence-electron chi connectivity index (χ2n) is 6.22. The van der Waals surface area contributed by atoms with E-state index in [1.807, 2.05) is 29.5 Å². The number of carbonyl (C=O) groups excluding carboxylic acids is 2. The van der Waals surface area contributed by atoms with Crippen molar-refractivity contribution in [1.29, 1.82) is 0 Å². The Balaban J connectivity index is 1.94. The van der Waals surface area contributed by atoms with Crippen LogP contribution in [-0.2, 0) is 14.3 Å². The van der Waals surface area contributed by atoms with Crippen LogP contribution in [0.2, 0.25) is 10.0 Å². The fourth-order valence-electron chi connectivity index (χ4n) is 2.64. The van der Waals surface area contributed by atoms with Crippen LogP contribution in [-0.4, -0.2) is 24.9 Å². The Morgan fingerprint density at radius 1 is 1.27 bits per heavy atom. The SMILES string of the molecule is CCCC(=O)Oc1c(I)cc(/C=C2\N=C(c3ccc(Cl)cc3Cl)OC2=O)cc1OC. The van der Waals surface area contributed by atoms with Crippen LogP contribution in [0.1, 0.15) is 30.9 Å². The molecule has 0 spiro atoms. The lowest BCUT2D eigenvalue weighted by molar-refractivity contribution is -0.134. The molecule has 3 rings (SSSR count). The van der Waals surface area contributed by atoms with E-state index < -0.39 is 5.97 Å². The predicted octanol–water partition coefficient (Wildman–Crippen LogP) is 5.66. The maximum atomic E-state index is 12.3. The maximum Gasteiger partial charge on any atom is 0.363 e. The fourth-order valence-corrected chi connectivity index (χ4v) is 3.86. The van der Waals surface area contributed by atoms with Crippen LogP contribution in [0, 0.1) is 3.57 Å². The lowest BCUT2D eigenvalue weighted by Crippen LogP contribution is -2.09. The largest absolute Gasteiger partial charge is 0.493 e. The van der Waals surface area contributed by atoms with E-state index in [4.69, 9.17) is 37.4 Å². The molecule has 0 atom stereocenters. The Kier molecular flexibility index (Phi) is 7.38. The van der Waals surface area contributed by atoms with E-state index >= 15 is 0 Å². The predicted molar refractivity (Wildman–Crippen MR) is 123 cm³/mol. The van der Waals surface area contributed by atoms with E-state index in [0.29, 0.717) is 49.1 Å². The Labute approximate surface area is 197 Å². The number of aliphatic imine (C=N–C) groups is 1. The van der Waals surface area contributed by atoms with Crippen molar-refractivity contribution in [2.24, 2.45) is 4.99 Å². The highest BCUT2D eigenvalue weighted by atomic mass is 127. The van der Waals surface area contributed by atoms with Crippen molar-refractivity contribution in [3.8, 4) is 11.5 Å². The van der Waals surface area contributed by atoms with Crippen LogP contribution < -0.4 is 9.47 Å². The number of hydrogen-bond donors (Lipinski definition) is 0. The molecule has 9 heteroatoms. The van der Waals surface area contributed by atoms with E-state index in [2.05, 4.69) is 4.99 Å². The number of benzene rings is 2. The minimum absolute atomic E-state index is 0.0969. The molecule has 0 unspecified atom stereocenters. The summed E-state index contributed by atoms with van der Waals surface area (Å²) in [5.41, 5.74) is 1.19. The number of nitrogens with zero attached hydrogens (tertiary/aromatic N) is 1. The molecule has 30 heavy (non-hydrogen) atoms. The standard InChI is InChI=1S/C21H16Cl2INO5/c1-3-4-18(26)29-19-15(24)7-11(9-17(19)28-2)8-16-21(27)30-20(25-16)13-6-5-12(22)10-14(13)23/h5-10H,3-4H2,1-2H3/b16-8-. The molecule has 0 saturated heterocycles. The highest BCUT2D eigenvalue weighted by molar-refractivity contribution is 14.1. The number of ether oxygens (including phenoxy) is 3. The molecule has 1 heterocycles. The van der Waals surface area contributed by atoms with Gasteiger partial charge in [0.1, 0.15) is 0 Å². The number of cyclic esters (lactones) is 1. The molecule has 156 valence electrons. The van der Waals surface area contributed by atoms with Crippen molar-refractivity contribution >= 4 is 69.7 Å². The summed E-state index contributed by atoms with van der Waals surface area (Å²) in [5.74, 6) is -0.143. The third-order valence-corrected chi connectivity index (χ3v) is 5.36. The van der Waals surface area contributed by atoms with E-state index in [1.54, 1.807) is 36.4 Å². The third-order valence-electron chi connectivity index (χ3n) is 4.01. The minimum Gasteiger partial charge on any atom is -0.493 e. The number of esters is 2. The number of hydrogen-bond acceptors (Lipinski definition) is 6. The Morgan fingerprint density at radius 2 is 2.03 bits per heavy atom. The van der Waals surface area contributed by atoms with Crippen LogP contribution in [0.3, 0.4) is 0 Å². The first-order valence-electron chi connectivity index (χ1n) is 8.88. The van der Waals surface area contributed by atoms with Crippen molar-refractivity contribution < 1.29 is 23.8 Å². The molecule has 1 aliphatic rings. The lowest BCUT2D eigenvalue weighted by atomic mass is 10.1. The smallest absolute Gasteiger partial charge is 0.363 e. The molecule has 0 N–H and O–H groups in total. The number of halogens is 3. The maximum absolute atomic E-state index is 12.3. The van der Waals surface area contributed by atoms with Gasteiger partial charge >= 0.3 is 11.9 Å². The van der Waals surface area contributed by atoms with Gasteiger partial charge in [-0.15, -0.1) is 0 Å². The van der Waals surface area contributed by atoms with E-state index in [9.17, 15) is 9.59 Å². The second kappa shape index (κ2) is 9.80. The Morgan fingerprint density at radius 3 is 2.70 bits per heavy atom. The average molecular weight is 560 g/mol. The molecule has 0 aromatic heterocycles.